The maximum absolute atomic E-state index is 13.2. The lowest BCUT2D eigenvalue weighted by atomic mass is 9.95. The first kappa shape index (κ1) is 18.4. The number of carbonyl (C=O) groups excluding carboxylic acids is 1. The van der Waals surface area contributed by atoms with Gasteiger partial charge >= 0.3 is 6.18 Å². The number of hydrogen-bond acceptors (Lipinski definition) is 3. The van der Waals surface area contributed by atoms with Gasteiger partial charge in [0.25, 0.3) is 5.91 Å². The van der Waals surface area contributed by atoms with Gasteiger partial charge in [-0.15, -0.1) is 0 Å². The summed E-state index contributed by atoms with van der Waals surface area (Å²) in [6.07, 6.45) is -5.62. The predicted octanol–water partition coefficient (Wildman–Crippen LogP) is 4.26. The van der Waals surface area contributed by atoms with Crippen molar-refractivity contribution in [3.63, 3.8) is 0 Å². The van der Waals surface area contributed by atoms with Crippen LogP contribution in [-0.2, 0) is 5.72 Å². The Balaban J connectivity index is 2.08. The average molecular weight is 383 g/mol. The molecule has 0 bridgehead atoms. The van der Waals surface area contributed by atoms with Gasteiger partial charge < -0.3 is 5.11 Å². The molecule has 3 rings (SSSR count). The normalized spacial score (nSPS) is 20.2. The molecule has 0 aromatic heterocycles. The highest BCUT2D eigenvalue weighted by Gasteiger charge is 2.53. The van der Waals surface area contributed by atoms with Crippen LogP contribution < -0.4 is 0 Å². The Morgan fingerprint density at radius 3 is 2.46 bits per heavy atom. The first-order valence-corrected chi connectivity index (χ1v) is 8.03. The summed E-state index contributed by atoms with van der Waals surface area (Å²) in [5.41, 5.74) is -2.44. The Morgan fingerprint density at radius 1 is 1.23 bits per heavy atom. The third-order valence-corrected chi connectivity index (χ3v) is 4.33. The van der Waals surface area contributed by atoms with Gasteiger partial charge in [-0.05, 0) is 25.1 Å². The topological polar surface area (TPSA) is 52.9 Å². The van der Waals surface area contributed by atoms with Crippen LogP contribution in [0.25, 0.3) is 0 Å². The van der Waals surface area contributed by atoms with Crippen molar-refractivity contribution in [1.82, 2.24) is 5.01 Å². The van der Waals surface area contributed by atoms with Gasteiger partial charge in [-0.25, -0.2) is 0 Å². The summed E-state index contributed by atoms with van der Waals surface area (Å²) in [5.74, 6) is -0.880. The van der Waals surface area contributed by atoms with E-state index in [2.05, 4.69) is 5.10 Å². The number of aliphatic hydroxyl groups is 1. The molecule has 1 N–H and O–H groups in total. The van der Waals surface area contributed by atoms with E-state index < -0.39 is 29.9 Å². The molecule has 1 aliphatic heterocycles. The van der Waals surface area contributed by atoms with Crippen LogP contribution in [0.2, 0.25) is 5.02 Å². The fourth-order valence-electron chi connectivity index (χ4n) is 2.71. The van der Waals surface area contributed by atoms with E-state index in [-0.39, 0.29) is 16.1 Å². The zero-order valence-electron chi connectivity index (χ0n) is 13.6. The van der Waals surface area contributed by atoms with Crippen molar-refractivity contribution >= 4 is 23.2 Å². The van der Waals surface area contributed by atoms with Gasteiger partial charge in [0.2, 0.25) is 0 Å². The van der Waals surface area contributed by atoms with Crippen molar-refractivity contribution in [2.75, 3.05) is 0 Å². The predicted molar refractivity (Wildman–Crippen MR) is 90.8 cm³/mol. The minimum atomic E-state index is -4.76. The van der Waals surface area contributed by atoms with Crippen LogP contribution in [0.4, 0.5) is 13.2 Å². The molecule has 26 heavy (non-hydrogen) atoms. The van der Waals surface area contributed by atoms with Crippen molar-refractivity contribution in [3.05, 3.63) is 70.2 Å². The first-order chi connectivity index (χ1) is 12.1. The molecule has 8 heteroatoms. The second-order valence-corrected chi connectivity index (χ2v) is 6.47. The summed E-state index contributed by atoms with van der Waals surface area (Å²) in [5, 5.41) is 15.1. The van der Waals surface area contributed by atoms with E-state index >= 15 is 0 Å². The molecule has 2 aromatic carbocycles. The molecule has 0 spiro atoms. The number of hydrogen-bond donors (Lipinski definition) is 1. The number of rotatable bonds is 2. The van der Waals surface area contributed by atoms with Gasteiger partial charge in [0.05, 0.1) is 6.42 Å². The SMILES string of the molecule is Cc1ccc(C2(O)CC(C(F)(F)F)=NN2C(=O)c2cccc(Cl)c2)cc1. The van der Waals surface area contributed by atoms with E-state index in [0.717, 1.165) is 5.56 Å². The highest BCUT2D eigenvalue weighted by Crippen LogP contribution is 2.40. The lowest BCUT2D eigenvalue weighted by molar-refractivity contribution is -0.0816. The van der Waals surface area contributed by atoms with Gasteiger partial charge in [0, 0.05) is 16.1 Å². The van der Waals surface area contributed by atoms with Gasteiger partial charge in [0.15, 0.2) is 5.72 Å². The smallest absolute Gasteiger partial charge is 0.365 e. The molecule has 4 nitrogen and oxygen atoms in total. The molecular formula is C18H14ClF3N2O2. The molecule has 2 aromatic rings. The lowest BCUT2D eigenvalue weighted by Gasteiger charge is -2.31. The van der Waals surface area contributed by atoms with Gasteiger partial charge in [-0.1, -0.05) is 47.5 Å². The molecule has 0 saturated heterocycles. The Labute approximate surface area is 152 Å². The van der Waals surface area contributed by atoms with E-state index in [4.69, 9.17) is 11.6 Å². The standard InChI is InChI=1S/C18H14ClF3N2O2/c1-11-5-7-13(8-6-11)17(26)10-15(18(20,21)22)23-24(17)16(25)12-3-2-4-14(19)9-12/h2-9,26H,10H2,1H3. The molecule has 0 saturated carbocycles. The van der Waals surface area contributed by atoms with Crippen molar-refractivity contribution < 1.29 is 23.1 Å². The Hall–Kier alpha value is -2.38. The van der Waals surface area contributed by atoms with Gasteiger partial charge in [0.1, 0.15) is 5.71 Å². The van der Waals surface area contributed by atoms with E-state index in [1.54, 1.807) is 19.1 Å². The van der Waals surface area contributed by atoms with Crippen molar-refractivity contribution in [2.45, 2.75) is 25.2 Å². The highest BCUT2D eigenvalue weighted by atomic mass is 35.5. The van der Waals surface area contributed by atoms with Crippen LogP contribution in [0.5, 0.6) is 0 Å². The fraction of sp³-hybridized carbons (Fsp3) is 0.222. The number of carbonyl (C=O) groups is 1. The monoisotopic (exact) mass is 382 g/mol. The summed E-state index contributed by atoms with van der Waals surface area (Å²) in [4.78, 5) is 12.8. The molecular weight excluding hydrogens is 369 g/mol. The molecule has 0 aliphatic carbocycles. The van der Waals surface area contributed by atoms with Crippen LogP contribution in [0.1, 0.15) is 27.9 Å². The minimum absolute atomic E-state index is 0.0233. The van der Waals surface area contributed by atoms with Crippen LogP contribution in [0.15, 0.2) is 53.6 Å². The third-order valence-electron chi connectivity index (χ3n) is 4.09. The van der Waals surface area contributed by atoms with Gasteiger partial charge in [-0.3, -0.25) is 4.79 Å². The van der Waals surface area contributed by atoms with Crippen LogP contribution in [-0.4, -0.2) is 27.9 Å². The Bertz CT molecular complexity index is 881. The molecule has 1 heterocycles. The second kappa shape index (κ2) is 6.41. The number of aryl methyl sites for hydroxylation is 1. The second-order valence-electron chi connectivity index (χ2n) is 6.03. The number of hydrazone groups is 1. The summed E-state index contributed by atoms with van der Waals surface area (Å²) >= 11 is 5.85. The number of nitrogens with zero attached hydrogens (tertiary/aromatic N) is 2. The summed E-state index contributed by atoms with van der Waals surface area (Å²) in [6, 6.07) is 11.9. The molecule has 1 amide bonds. The van der Waals surface area contributed by atoms with Crippen LogP contribution in [0, 0.1) is 6.92 Å². The summed E-state index contributed by atoms with van der Waals surface area (Å²) in [6.45, 7) is 1.80. The molecule has 1 aliphatic rings. The summed E-state index contributed by atoms with van der Waals surface area (Å²) in [7, 11) is 0. The van der Waals surface area contributed by atoms with E-state index in [0.29, 0.717) is 5.01 Å². The minimum Gasteiger partial charge on any atom is -0.365 e. The highest BCUT2D eigenvalue weighted by molar-refractivity contribution is 6.31. The first-order valence-electron chi connectivity index (χ1n) is 7.65. The number of benzene rings is 2. The molecule has 0 radical (unpaired) electrons. The summed E-state index contributed by atoms with van der Waals surface area (Å²) < 4.78 is 39.6. The van der Waals surface area contributed by atoms with Crippen molar-refractivity contribution in [1.29, 1.82) is 0 Å². The molecule has 0 fully saturated rings. The molecule has 1 unspecified atom stereocenters. The van der Waals surface area contributed by atoms with E-state index in [9.17, 15) is 23.1 Å². The Morgan fingerprint density at radius 2 is 1.88 bits per heavy atom. The van der Waals surface area contributed by atoms with Crippen molar-refractivity contribution in [2.24, 2.45) is 5.10 Å². The molecule has 136 valence electrons. The largest absolute Gasteiger partial charge is 0.431 e. The number of alkyl halides is 3. The van der Waals surface area contributed by atoms with Crippen LogP contribution >= 0.6 is 11.6 Å². The third kappa shape index (κ3) is 3.32. The van der Waals surface area contributed by atoms with E-state index in [1.807, 2.05) is 0 Å². The fourth-order valence-corrected chi connectivity index (χ4v) is 2.90. The van der Waals surface area contributed by atoms with Gasteiger partial charge in [-0.2, -0.15) is 23.3 Å². The zero-order chi connectivity index (χ0) is 19.1. The quantitative estimate of drug-likeness (QED) is 0.843. The van der Waals surface area contributed by atoms with E-state index in [1.165, 1.54) is 36.4 Å². The van der Waals surface area contributed by atoms with Crippen LogP contribution in [0.3, 0.4) is 0 Å². The lowest BCUT2D eigenvalue weighted by Crippen LogP contribution is -2.43. The number of halogens is 4. The molecule has 1 atom stereocenters. The Kier molecular flexibility index (Phi) is 4.54. The number of amides is 1. The maximum Gasteiger partial charge on any atom is 0.431 e. The average Bonchev–Trinajstić information content (AvgIpc) is 2.94. The van der Waals surface area contributed by atoms with Crippen molar-refractivity contribution in [3.8, 4) is 0 Å². The zero-order valence-corrected chi connectivity index (χ0v) is 14.3. The maximum atomic E-state index is 13.2.